The molecule has 1 amide bonds. The number of anilines is 3. The van der Waals surface area contributed by atoms with Crippen LogP contribution in [0.25, 0.3) is 0 Å². The van der Waals surface area contributed by atoms with E-state index in [1.807, 2.05) is 25.7 Å². The Hall–Kier alpha value is -3.61. The highest BCUT2D eigenvalue weighted by atomic mass is 32.2. The van der Waals surface area contributed by atoms with Crippen molar-refractivity contribution in [2.75, 3.05) is 53.0 Å². The standard InChI is InChI=1S/C28H42N6O6S/c1-5-9-18-41(38,39)34(8-4)24-20-29-27(32(6-2)7-3)31-25(24)30-23(26(35)36)19-21-12-14-22(15-13-21)40-28(37)33-16-10-11-17-33/h12-15,20,23H,5-11,16-19H2,1-4H3,(H,35,36)(H,29,30,31)/t23-/m0/s1. The minimum absolute atomic E-state index is 0.0361. The molecule has 3 rings (SSSR count). The molecule has 1 aliphatic heterocycles. The van der Waals surface area contributed by atoms with Crippen LogP contribution in [-0.2, 0) is 21.2 Å². The van der Waals surface area contributed by atoms with E-state index in [4.69, 9.17) is 4.74 Å². The molecule has 0 unspecified atom stereocenters. The van der Waals surface area contributed by atoms with E-state index in [1.54, 1.807) is 36.1 Å². The molecule has 0 saturated carbocycles. The van der Waals surface area contributed by atoms with E-state index in [1.165, 1.54) is 10.5 Å². The van der Waals surface area contributed by atoms with Gasteiger partial charge in [0, 0.05) is 39.1 Å². The van der Waals surface area contributed by atoms with Crippen molar-refractivity contribution in [1.29, 1.82) is 0 Å². The summed E-state index contributed by atoms with van der Waals surface area (Å²) in [6, 6.07) is 5.56. The number of carboxylic acids is 1. The molecule has 1 aliphatic rings. The Labute approximate surface area is 242 Å². The van der Waals surface area contributed by atoms with Gasteiger partial charge in [0.1, 0.15) is 17.5 Å². The first-order chi connectivity index (χ1) is 19.6. The van der Waals surface area contributed by atoms with Gasteiger partial charge in [0.15, 0.2) is 5.82 Å². The lowest BCUT2D eigenvalue weighted by Crippen LogP contribution is -2.37. The predicted molar refractivity (Wildman–Crippen MR) is 159 cm³/mol. The quantitative estimate of drug-likeness (QED) is 0.312. The number of rotatable bonds is 15. The maximum Gasteiger partial charge on any atom is 0.415 e. The second-order valence-corrected chi connectivity index (χ2v) is 11.9. The number of carboxylic acid groups (broad SMARTS) is 1. The Balaban J connectivity index is 1.87. The van der Waals surface area contributed by atoms with Crippen LogP contribution >= 0.6 is 0 Å². The number of aromatic nitrogens is 2. The topological polar surface area (TPSA) is 145 Å². The van der Waals surface area contributed by atoms with Crippen molar-refractivity contribution in [3.63, 3.8) is 0 Å². The first-order valence-corrected chi connectivity index (χ1v) is 15.9. The highest BCUT2D eigenvalue weighted by Crippen LogP contribution is 2.29. The van der Waals surface area contributed by atoms with Gasteiger partial charge in [0.05, 0.1) is 11.9 Å². The molecule has 41 heavy (non-hydrogen) atoms. The first kappa shape index (κ1) is 31.9. The van der Waals surface area contributed by atoms with Crippen molar-refractivity contribution in [3.8, 4) is 5.75 Å². The molecule has 0 aliphatic carbocycles. The van der Waals surface area contributed by atoms with E-state index < -0.39 is 28.1 Å². The summed E-state index contributed by atoms with van der Waals surface area (Å²) < 4.78 is 33.0. The summed E-state index contributed by atoms with van der Waals surface area (Å²) >= 11 is 0. The van der Waals surface area contributed by atoms with E-state index in [2.05, 4.69) is 15.3 Å². The largest absolute Gasteiger partial charge is 0.480 e. The number of sulfonamides is 1. The molecule has 0 bridgehead atoms. The second-order valence-electron chi connectivity index (χ2n) is 9.86. The SMILES string of the molecule is CCCCS(=O)(=O)N(CC)c1cnc(N(CC)CC)nc1N[C@@H](Cc1ccc(OC(=O)N2CCCC2)cc1)C(=O)O. The van der Waals surface area contributed by atoms with Gasteiger partial charge in [-0.05, 0) is 57.7 Å². The maximum absolute atomic E-state index is 13.2. The molecule has 226 valence electrons. The lowest BCUT2D eigenvalue weighted by Gasteiger charge is -2.27. The van der Waals surface area contributed by atoms with Crippen LogP contribution in [0.1, 0.15) is 58.9 Å². The summed E-state index contributed by atoms with van der Waals surface area (Å²) in [4.78, 5) is 37.2. The Bertz CT molecular complexity index is 1260. The molecule has 0 spiro atoms. The predicted octanol–water partition coefficient (Wildman–Crippen LogP) is 3.98. The minimum atomic E-state index is -3.68. The molecule has 1 fully saturated rings. The van der Waals surface area contributed by atoms with Crippen molar-refractivity contribution in [1.82, 2.24) is 14.9 Å². The number of likely N-dealkylation sites (tertiary alicyclic amines) is 1. The zero-order chi connectivity index (χ0) is 30.0. The number of nitrogens with one attached hydrogen (secondary N) is 1. The molecule has 2 N–H and O–H groups in total. The highest BCUT2D eigenvalue weighted by Gasteiger charge is 2.28. The van der Waals surface area contributed by atoms with E-state index in [9.17, 15) is 23.1 Å². The number of benzene rings is 1. The van der Waals surface area contributed by atoms with Crippen molar-refractivity contribution >= 4 is 39.5 Å². The zero-order valence-corrected chi connectivity index (χ0v) is 25.2. The zero-order valence-electron chi connectivity index (χ0n) is 24.4. The summed E-state index contributed by atoms with van der Waals surface area (Å²) in [5.41, 5.74) is 0.892. The average molecular weight is 591 g/mol. The molecule has 1 atom stereocenters. The van der Waals surface area contributed by atoms with Gasteiger partial charge in [0.2, 0.25) is 16.0 Å². The number of hydrogen-bond acceptors (Lipinski definition) is 9. The van der Waals surface area contributed by atoms with Gasteiger partial charge >= 0.3 is 12.1 Å². The van der Waals surface area contributed by atoms with Gasteiger partial charge in [-0.3, -0.25) is 4.31 Å². The normalized spacial score (nSPS) is 14.0. The average Bonchev–Trinajstić information content (AvgIpc) is 3.50. The Morgan fingerprint density at radius 3 is 2.29 bits per heavy atom. The molecule has 2 aromatic rings. The lowest BCUT2D eigenvalue weighted by molar-refractivity contribution is -0.137. The van der Waals surface area contributed by atoms with E-state index in [-0.39, 0.29) is 30.2 Å². The molecule has 12 nitrogen and oxygen atoms in total. The van der Waals surface area contributed by atoms with Crippen molar-refractivity contribution in [2.24, 2.45) is 0 Å². The number of hydrogen-bond donors (Lipinski definition) is 2. The Kier molecular flexibility index (Phi) is 11.6. The van der Waals surface area contributed by atoms with Crippen LogP contribution in [0.4, 0.5) is 22.2 Å². The molecule has 0 radical (unpaired) electrons. The third kappa shape index (κ3) is 8.44. The monoisotopic (exact) mass is 590 g/mol. The number of carbonyl (C=O) groups is 2. The van der Waals surface area contributed by atoms with Crippen LogP contribution in [0.3, 0.4) is 0 Å². The smallest absolute Gasteiger partial charge is 0.415 e. The minimum Gasteiger partial charge on any atom is -0.480 e. The van der Waals surface area contributed by atoms with Gasteiger partial charge in [-0.25, -0.2) is 23.0 Å². The fourth-order valence-corrected chi connectivity index (χ4v) is 6.33. The maximum atomic E-state index is 13.2. The lowest BCUT2D eigenvalue weighted by atomic mass is 10.1. The highest BCUT2D eigenvalue weighted by molar-refractivity contribution is 7.92. The van der Waals surface area contributed by atoms with E-state index >= 15 is 0 Å². The van der Waals surface area contributed by atoms with E-state index in [0.717, 1.165) is 19.3 Å². The molecule has 1 aromatic heterocycles. The van der Waals surface area contributed by atoms with Crippen LogP contribution in [0.15, 0.2) is 30.5 Å². The number of aliphatic carboxylic acids is 1. The van der Waals surface area contributed by atoms with Crippen molar-refractivity contribution < 1.29 is 27.9 Å². The number of ether oxygens (including phenoxy) is 1. The van der Waals surface area contributed by atoms with E-state index in [0.29, 0.717) is 49.9 Å². The summed E-state index contributed by atoms with van der Waals surface area (Å²) in [6.45, 7) is 10.3. The van der Waals surface area contributed by atoms with Gasteiger partial charge in [-0.2, -0.15) is 4.98 Å². The van der Waals surface area contributed by atoms with Crippen LogP contribution in [0.5, 0.6) is 5.75 Å². The Morgan fingerprint density at radius 2 is 1.73 bits per heavy atom. The summed E-state index contributed by atoms with van der Waals surface area (Å²) in [5.74, 6) is -0.279. The summed E-state index contributed by atoms with van der Waals surface area (Å²) in [5, 5.41) is 13.1. The molecule has 2 heterocycles. The molecule has 13 heteroatoms. The molecule has 1 saturated heterocycles. The molecular formula is C28H42N6O6S. The van der Waals surface area contributed by atoms with Crippen LogP contribution in [0, 0.1) is 0 Å². The second kappa shape index (κ2) is 14.9. The van der Waals surface area contributed by atoms with Crippen molar-refractivity contribution in [3.05, 3.63) is 36.0 Å². The van der Waals surface area contributed by atoms with Crippen LogP contribution < -0.4 is 19.3 Å². The van der Waals surface area contributed by atoms with Crippen LogP contribution in [0.2, 0.25) is 0 Å². The number of unbranched alkanes of at least 4 members (excludes halogenated alkanes) is 1. The van der Waals surface area contributed by atoms with Gasteiger partial charge in [-0.1, -0.05) is 25.5 Å². The van der Waals surface area contributed by atoms with Crippen molar-refractivity contribution in [2.45, 2.75) is 65.8 Å². The third-order valence-corrected chi connectivity index (χ3v) is 8.92. The fourth-order valence-electron chi connectivity index (χ4n) is 4.63. The van der Waals surface area contributed by atoms with Gasteiger partial charge in [-0.15, -0.1) is 0 Å². The fraction of sp³-hybridized carbons (Fsp3) is 0.571. The van der Waals surface area contributed by atoms with Gasteiger partial charge < -0.3 is 25.0 Å². The Morgan fingerprint density at radius 1 is 1.07 bits per heavy atom. The summed E-state index contributed by atoms with van der Waals surface area (Å²) in [7, 11) is -3.68. The number of nitrogens with zero attached hydrogens (tertiary/aromatic N) is 5. The number of amides is 1. The molecule has 1 aromatic carbocycles. The third-order valence-electron chi connectivity index (χ3n) is 6.99. The number of carbonyl (C=O) groups excluding carboxylic acids is 1. The summed E-state index contributed by atoms with van der Waals surface area (Å²) in [6.07, 6.45) is 4.27. The van der Waals surface area contributed by atoms with Crippen LogP contribution in [-0.4, -0.2) is 85.0 Å². The van der Waals surface area contributed by atoms with Gasteiger partial charge in [0.25, 0.3) is 0 Å². The molecular weight excluding hydrogens is 548 g/mol. The first-order valence-electron chi connectivity index (χ1n) is 14.3.